The van der Waals surface area contributed by atoms with Crippen molar-refractivity contribution in [1.82, 2.24) is 25.3 Å². The SMILES string of the molecule is CNC(=O)c1c(F)cnc2c([C@H](C)CNc3cc(-c4cncc(C#N)c4)ncn3)cccc12. The van der Waals surface area contributed by atoms with Crippen LogP contribution < -0.4 is 10.6 Å². The molecule has 0 unspecified atom stereocenters. The lowest BCUT2D eigenvalue weighted by Gasteiger charge is -2.17. The molecule has 164 valence electrons. The van der Waals surface area contributed by atoms with Gasteiger partial charge in [-0.05, 0) is 11.6 Å². The average molecular weight is 441 g/mol. The van der Waals surface area contributed by atoms with Crippen molar-refractivity contribution in [2.45, 2.75) is 12.8 Å². The Hall–Kier alpha value is -4.45. The summed E-state index contributed by atoms with van der Waals surface area (Å²) in [7, 11) is 1.47. The van der Waals surface area contributed by atoms with Crippen LogP contribution in [0.3, 0.4) is 0 Å². The second kappa shape index (κ2) is 9.36. The lowest BCUT2D eigenvalue weighted by molar-refractivity contribution is 0.0960. The first-order valence-electron chi connectivity index (χ1n) is 10.2. The predicted octanol–water partition coefficient (Wildman–Crippen LogP) is 3.67. The third kappa shape index (κ3) is 4.45. The number of fused-ring (bicyclic) bond motifs is 1. The molecule has 33 heavy (non-hydrogen) atoms. The molecule has 3 aromatic heterocycles. The highest BCUT2D eigenvalue weighted by Crippen LogP contribution is 2.28. The molecule has 2 N–H and O–H groups in total. The zero-order chi connectivity index (χ0) is 23.4. The molecule has 0 saturated carbocycles. The minimum Gasteiger partial charge on any atom is -0.369 e. The molecule has 0 aliphatic rings. The summed E-state index contributed by atoms with van der Waals surface area (Å²) in [5.74, 6) is -0.565. The molecule has 0 aliphatic carbocycles. The molecule has 0 saturated heterocycles. The summed E-state index contributed by atoms with van der Waals surface area (Å²) < 4.78 is 14.3. The number of benzene rings is 1. The Balaban J connectivity index is 1.58. The second-order valence-electron chi connectivity index (χ2n) is 7.45. The number of halogens is 1. The van der Waals surface area contributed by atoms with Crippen molar-refractivity contribution < 1.29 is 9.18 Å². The lowest BCUT2D eigenvalue weighted by atomic mass is 9.96. The lowest BCUT2D eigenvalue weighted by Crippen LogP contribution is -2.20. The van der Waals surface area contributed by atoms with Crippen LogP contribution in [-0.4, -0.2) is 39.4 Å². The van der Waals surface area contributed by atoms with E-state index in [2.05, 4.69) is 36.6 Å². The maximum atomic E-state index is 14.3. The number of hydrogen-bond acceptors (Lipinski definition) is 7. The number of aromatic nitrogens is 4. The highest BCUT2D eigenvalue weighted by atomic mass is 19.1. The van der Waals surface area contributed by atoms with Gasteiger partial charge in [-0.1, -0.05) is 25.1 Å². The summed E-state index contributed by atoms with van der Waals surface area (Å²) >= 11 is 0. The van der Waals surface area contributed by atoms with Crippen molar-refractivity contribution in [3.63, 3.8) is 0 Å². The number of carbonyl (C=O) groups is 1. The second-order valence-corrected chi connectivity index (χ2v) is 7.45. The molecule has 1 amide bonds. The molecule has 3 heterocycles. The standard InChI is InChI=1S/C24H20FN7O/c1-14(17-4-3-5-18-22(24(33)27-2)19(25)12-30-23(17)18)9-29-21-7-20(31-13-32-21)16-6-15(8-26)10-28-11-16/h3-7,10-14H,9H2,1-2H3,(H,27,33)(H,29,31,32)/t14-/m1/s1. The van der Waals surface area contributed by atoms with Crippen molar-refractivity contribution in [3.8, 4) is 17.3 Å². The Bertz CT molecular complexity index is 1380. The molecule has 8 nitrogen and oxygen atoms in total. The van der Waals surface area contributed by atoms with Crippen molar-refractivity contribution in [2.24, 2.45) is 0 Å². The van der Waals surface area contributed by atoms with Gasteiger partial charge < -0.3 is 10.6 Å². The molecule has 0 fully saturated rings. The van der Waals surface area contributed by atoms with E-state index in [1.807, 2.05) is 13.0 Å². The Labute approximate surface area is 189 Å². The molecule has 0 spiro atoms. The van der Waals surface area contributed by atoms with E-state index >= 15 is 0 Å². The monoisotopic (exact) mass is 441 g/mol. The topological polar surface area (TPSA) is 116 Å². The van der Waals surface area contributed by atoms with Crippen molar-refractivity contribution in [3.05, 3.63) is 77.8 Å². The first kappa shape index (κ1) is 21.8. The highest BCUT2D eigenvalue weighted by Gasteiger charge is 2.19. The summed E-state index contributed by atoms with van der Waals surface area (Å²) in [6.45, 7) is 2.52. The molecule has 1 aromatic carbocycles. The number of para-hydroxylation sites is 1. The fraction of sp³-hybridized carbons (Fsp3) is 0.167. The number of carbonyl (C=O) groups excluding carboxylic acids is 1. The van der Waals surface area contributed by atoms with E-state index in [4.69, 9.17) is 5.26 Å². The van der Waals surface area contributed by atoms with Gasteiger partial charge in [0.25, 0.3) is 5.91 Å². The maximum absolute atomic E-state index is 14.3. The highest BCUT2D eigenvalue weighted by molar-refractivity contribution is 6.06. The molecule has 0 aliphatic heterocycles. The van der Waals surface area contributed by atoms with E-state index in [9.17, 15) is 9.18 Å². The zero-order valence-corrected chi connectivity index (χ0v) is 18.0. The van der Waals surface area contributed by atoms with E-state index in [1.165, 1.54) is 19.6 Å². The summed E-state index contributed by atoms with van der Waals surface area (Å²) in [4.78, 5) is 29.1. The van der Waals surface area contributed by atoms with Gasteiger partial charge in [0.15, 0.2) is 5.82 Å². The molecule has 0 radical (unpaired) electrons. The van der Waals surface area contributed by atoms with Crippen LogP contribution in [0, 0.1) is 17.1 Å². The van der Waals surface area contributed by atoms with E-state index in [0.29, 0.717) is 34.5 Å². The quantitative estimate of drug-likeness (QED) is 0.469. The van der Waals surface area contributed by atoms with Crippen LogP contribution >= 0.6 is 0 Å². The Kier molecular flexibility index (Phi) is 6.17. The van der Waals surface area contributed by atoms with E-state index in [1.54, 1.807) is 30.5 Å². The van der Waals surface area contributed by atoms with Crippen LogP contribution in [0.25, 0.3) is 22.2 Å². The Morgan fingerprint density at radius 2 is 2.03 bits per heavy atom. The van der Waals surface area contributed by atoms with Crippen molar-refractivity contribution in [2.75, 3.05) is 18.9 Å². The van der Waals surface area contributed by atoms with Gasteiger partial charge in [-0.2, -0.15) is 5.26 Å². The Morgan fingerprint density at radius 3 is 2.82 bits per heavy atom. The molecule has 4 aromatic rings. The average Bonchev–Trinajstić information content (AvgIpc) is 2.86. The van der Waals surface area contributed by atoms with Crippen LogP contribution in [-0.2, 0) is 0 Å². The fourth-order valence-corrected chi connectivity index (χ4v) is 3.60. The van der Waals surface area contributed by atoms with E-state index in [0.717, 1.165) is 17.3 Å². The van der Waals surface area contributed by atoms with E-state index < -0.39 is 11.7 Å². The van der Waals surface area contributed by atoms with Crippen molar-refractivity contribution >= 4 is 22.6 Å². The predicted molar refractivity (Wildman–Crippen MR) is 122 cm³/mol. The first-order valence-corrected chi connectivity index (χ1v) is 10.2. The van der Waals surface area contributed by atoms with Crippen LogP contribution in [0.15, 0.2) is 55.2 Å². The molecule has 1 atom stereocenters. The van der Waals surface area contributed by atoms with E-state index in [-0.39, 0.29) is 11.5 Å². The molecular weight excluding hydrogens is 421 g/mol. The number of rotatable bonds is 6. The fourth-order valence-electron chi connectivity index (χ4n) is 3.60. The smallest absolute Gasteiger partial charge is 0.254 e. The van der Waals surface area contributed by atoms with Gasteiger partial charge in [-0.3, -0.25) is 14.8 Å². The molecule has 9 heteroatoms. The van der Waals surface area contributed by atoms with Gasteiger partial charge in [0.05, 0.1) is 28.5 Å². The van der Waals surface area contributed by atoms with Gasteiger partial charge in [-0.15, -0.1) is 0 Å². The van der Waals surface area contributed by atoms with Crippen LogP contribution in [0.4, 0.5) is 10.2 Å². The maximum Gasteiger partial charge on any atom is 0.254 e. The normalized spacial score (nSPS) is 11.6. The zero-order valence-electron chi connectivity index (χ0n) is 18.0. The summed E-state index contributed by atoms with van der Waals surface area (Å²) in [6.07, 6.45) is 5.65. The van der Waals surface area contributed by atoms with Gasteiger partial charge in [0.1, 0.15) is 18.2 Å². The van der Waals surface area contributed by atoms with Crippen LogP contribution in [0.1, 0.15) is 34.3 Å². The van der Waals surface area contributed by atoms with Gasteiger partial charge >= 0.3 is 0 Å². The number of nitrogens with one attached hydrogen (secondary N) is 2. The number of hydrogen-bond donors (Lipinski definition) is 2. The third-order valence-electron chi connectivity index (χ3n) is 5.29. The summed E-state index contributed by atoms with van der Waals surface area (Å²) in [5.41, 5.74) is 3.25. The molecule has 0 bridgehead atoms. The van der Waals surface area contributed by atoms with Crippen LogP contribution in [0.2, 0.25) is 0 Å². The molecular formula is C24H20FN7O. The van der Waals surface area contributed by atoms with Gasteiger partial charge in [-0.25, -0.2) is 14.4 Å². The molecule has 4 rings (SSSR count). The number of nitriles is 1. The minimum absolute atomic E-state index is 0.0156. The van der Waals surface area contributed by atoms with Crippen LogP contribution in [0.5, 0.6) is 0 Å². The van der Waals surface area contributed by atoms with Gasteiger partial charge in [0, 0.05) is 48.9 Å². The van der Waals surface area contributed by atoms with Gasteiger partial charge in [0.2, 0.25) is 0 Å². The van der Waals surface area contributed by atoms with Crippen molar-refractivity contribution in [1.29, 1.82) is 5.26 Å². The minimum atomic E-state index is -0.659. The Morgan fingerprint density at radius 1 is 1.18 bits per heavy atom. The summed E-state index contributed by atoms with van der Waals surface area (Å²) in [5, 5.41) is 15.3. The largest absolute Gasteiger partial charge is 0.369 e. The number of amides is 1. The number of pyridine rings is 2. The first-order chi connectivity index (χ1) is 16.0. The number of nitrogens with zero attached hydrogens (tertiary/aromatic N) is 5. The third-order valence-corrected chi connectivity index (χ3v) is 5.29. The summed E-state index contributed by atoms with van der Waals surface area (Å²) in [6, 6.07) is 11.0. The number of anilines is 1.